The summed E-state index contributed by atoms with van der Waals surface area (Å²) in [5.41, 5.74) is 0.494. The Bertz CT molecular complexity index is 737. The SMILES string of the molecule is O=C(Oc1ccc([N+](=O)[O-])cc1)c1ccccc1N=C=S. The quantitative estimate of drug-likeness (QED) is 0.215. The molecule has 104 valence electrons. The van der Waals surface area contributed by atoms with Crippen LogP contribution in [0.2, 0.25) is 0 Å². The van der Waals surface area contributed by atoms with Gasteiger partial charge in [0.2, 0.25) is 0 Å². The molecule has 0 aromatic heterocycles. The molecular weight excluding hydrogens is 292 g/mol. The van der Waals surface area contributed by atoms with Crippen LogP contribution in [0.25, 0.3) is 0 Å². The Balaban J connectivity index is 2.22. The lowest BCUT2D eigenvalue weighted by molar-refractivity contribution is -0.384. The molecular formula is C14H8N2O4S. The number of nitro groups is 1. The zero-order valence-corrected chi connectivity index (χ0v) is 11.4. The summed E-state index contributed by atoms with van der Waals surface area (Å²) in [5.74, 6) is -0.430. The monoisotopic (exact) mass is 300 g/mol. The summed E-state index contributed by atoms with van der Waals surface area (Å²) in [6.07, 6.45) is 0. The third kappa shape index (κ3) is 3.56. The third-order valence-corrected chi connectivity index (χ3v) is 2.64. The van der Waals surface area contributed by atoms with Crippen LogP contribution < -0.4 is 4.74 Å². The molecule has 2 rings (SSSR count). The van der Waals surface area contributed by atoms with E-state index in [0.29, 0.717) is 5.69 Å². The molecule has 2 aromatic carbocycles. The summed E-state index contributed by atoms with van der Waals surface area (Å²) >= 11 is 4.52. The number of hydrogen-bond donors (Lipinski definition) is 0. The Kier molecular flexibility index (Phi) is 4.50. The van der Waals surface area contributed by atoms with Crippen molar-refractivity contribution in [2.75, 3.05) is 0 Å². The van der Waals surface area contributed by atoms with Crippen LogP contribution in [0.5, 0.6) is 5.75 Å². The number of isothiocyanates is 1. The number of carbonyl (C=O) groups excluding carboxylic acids is 1. The standard InChI is InChI=1S/C14H8N2O4S/c17-14(12-3-1-2-4-13(12)15-9-21)20-11-7-5-10(6-8-11)16(18)19/h1-8H. The number of hydrogen-bond acceptors (Lipinski definition) is 6. The first-order chi connectivity index (χ1) is 10.1. The molecule has 0 aliphatic rings. The van der Waals surface area contributed by atoms with E-state index in [2.05, 4.69) is 22.4 Å². The molecule has 0 bridgehead atoms. The highest BCUT2D eigenvalue weighted by Crippen LogP contribution is 2.22. The molecule has 2 aromatic rings. The van der Waals surface area contributed by atoms with Gasteiger partial charge in [0.15, 0.2) is 0 Å². The van der Waals surface area contributed by atoms with Gasteiger partial charge in [-0.1, -0.05) is 12.1 Å². The molecule has 7 heteroatoms. The van der Waals surface area contributed by atoms with Gasteiger partial charge in [0.25, 0.3) is 5.69 Å². The molecule has 0 radical (unpaired) electrons. The molecule has 0 heterocycles. The molecule has 0 saturated carbocycles. The maximum Gasteiger partial charge on any atom is 0.345 e. The molecule has 0 saturated heterocycles. The average Bonchev–Trinajstić information content (AvgIpc) is 2.48. The lowest BCUT2D eigenvalue weighted by Gasteiger charge is -2.05. The minimum Gasteiger partial charge on any atom is -0.423 e. The van der Waals surface area contributed by atoms with E-state index in [1.807, 2.05) is 0 Å². The molecule has 0 spiro atoms. The first kappa shape index (κ1) is 14.5. The van der Waals surface area contributed by atoms with Crippen molar-refractivity contribution < 1.29 is 14.5 Å². The summed E-state index contributed by atoms with van der Waals surface area (Å²) in [4.78, 5) is 25.8. The van der Waals surface area contributed by atoms with Crippen LogP contribution in [-0.4, -0.2) is 16.1 Å². The Morgan fingerprint density at radius 3 is 2.48 bits per heavy atom. The highest BCUT2D eigenvalue weighted by Gasteiger charge is 2.13. The van der Waals surface area contributed by atoms with Crippen molar-refractivity contribution in [1.29, 1.82) is 0 Å². The number of carbonyl (C=O) groups is 1. The number of non-ortho nitro benzene ring substituents is 1. The van der Waals surface area contributed by atoms with Crippen molar-refractivity contribution in [1.82, 2.24) is 0 Å². The predicted octanol–water partition coefficient (Wildman–Crippen LogP) is 3.55. The predicted molar refractivity (Wildman–Crippen MR) is 79.2 cm³/mol. The number of thiocarbonyl (C=S) groups is 1. The Morgan fingerprint density at radius 2 is 1.86 bits per heavy atom. The largest absolute Gasteiger partial charge is 0.423 e. The zero-order valence-electron chi connectivity index (χ0n) is 10.6. The second-order valence-electron chi connectivity index (χ2n) is 3.86. The van der Waals surface area contributed by atoms with Gasteiger partial charge in [0, 0.05) is 12.1 Å². The summed E-state index contributed by atoms with van der Waals surface area (Å²) in [7, 11) is 0. The molecule has 0 unspecified atom stereocenters. The topological polar surface area (TPSA) is 81.8 Å². The van der Waals surface area contributed by atoms with Crippen molar-refractivity contribution in [2.24, 2.45) is 4.99 Å². The first-order valence-electron chi connectivity index (χ1n) is 5.75. The smallest absolute Gasteiger partial charge is 0.345 e. The van der Waals surface area contributed by atoms with Crippen molar-refractivity contribution in [3.63, 3.8) is 0 Å². The minimum atomic E-state index is -0.631. The number of aliphatic imine (C=N–C) groups is 1. The van der Waals surface area contributed by atoms with Crippen LogP contribution in [0.3, 0.4) is 0 Å². The van der Waals surface area contributed by atoms with Crippen molar-refractivity contribution in [3.05, 3.63) is 64.2 Å². The highest BCUT2D eigenvalue weighted by molar-refractivity contribution is 7.78. The van der Waals surface area contributed by atoms with Crippen molar-refractivity contribution in [2.45, 2.75) is 0 Å². The van der Waals surface area contributed by atoms with Gasteiger partial charge in [0.1, 0.15) is 5.75 Å². The molecule has 0 aliphatic heterocycles. The third-order valence-electron chi connectivity index (χ3n) is 2.55. The fourth-order valence-corrected chi connectivity index (χ4v) is 1.69. The molecule has 0 amide bonds. The lowest BCUT2D eigenvalue weighted by atomic mass is 10.2. The van der Waals surface area contributed by atoms with E-state index in [0.717, 1.165) is 0 Å². The van der Waals surface area contributed by atoms with Crippen molar-refractivity contribution in [3.8, 4) is 5.75 Å². The van der Waals surface area contributed by atoms with Gasteiger partial charge in [-0.05, 0) is 36.5 Å². The number of nitrogens with zero attached hydrogens (tertiary/aromatic N) is 2. The van der Waals surface area contributed by atoms with E-state index in [9.17, 15) is 14.9 Å². The number of esters is 1. The van der Waals surface area contributed by atoms with Crippen LogP contribution in [0.15, 0.2) is 53.5 Å². The van der Waals surface area contributed by atoms with Gasteiger partial charge in [-0.2, -0.15) is 4.99 Å². The number of para-hydroxylation sites is 1. The van der Waals surface area contributed by atoms with Crippen LogP contribution in [-0.2, 0) is 0 Å². The fourth-order valence-electron chi connectivity index (χ4n) is 1.59. The lowest BCUT2D eigenvalue weighted by Crippen LogP contribution is -2.08. The van der Waals surface area contributed by atoms with Gasteiger partial charge >= 0.3 is 5.97 Å². The van der Waals surface area contributed by atoms with Crippen LogP contribution in [0, 0.1) is 10.1 Å². The normalized spacial score (nSPS) is 9.52. The van der Waals surface area contributed by atoms with Gasteiger partial charge in [-0.3, -0.25) is 10.1 Å². The van der Waals surface area contributed by atoms with Gasteiger partial charge < -0.3 is 4.74 Å². The Labute approximate surface area is 124 Å². The first-order valence-corrected chi connectivity index (χ1v) is 6.16. The number of ether oxygens (including phenoxy) is 1. The molecule has 0 fully saturated rings. The second-order valence-corrected chi connectivity index (χ2v) is 4.04. The molecule has 0 N–H and O–H groups in total. The van der Waals surface area contributed by atoms with E-state index < -0.39 is 10.9 Å². The zero-order chi connectivity index (χ0) is 15.2. The number of benzene rings is 2. The average molecular weight is 300 g/mol. The van der Waals surface area contributed by atoms with Crippen LogP contribution in [0.4, 0.5) is 11.4 Å². The molecule has 0 atom stereocenters. The highest BCUT2D eigenvalue weighted by atomic mass is 32.1. The van der Waals surface area contributed by atoms with Gasteiger partial charge in [-0.15, -0.1) is 0 Å². The van der Waals surface area contributed by atoms with Crippen LogP contribution >= 0.6 is 12.2 Å². The summed E-state index contributed by atoms with van der Waals surface area (Å²) in [5, 5.41) is 12.7. The summed E-state index contributed by atoms with van der Waals surface area (Å²) < 4.78 is 5.14. The summed E-state index contributed by atoms with van der Waals surface area (Å²) in [6, 6.07) is 11.7. The second kappa shape index (κ2) is 6.51. The Hall–Kier alpha value is -2.89. The van der Waals surface area contributed by atoms with E-state index in [4.69, 9.17) is 4.74 Å². The molecule has 6 nitrogen and oxygen atoms in total. The van der Waals surface area contributed by atoms with E-state index >= 15 is 0 Å². The molecule has 21 heavy (non-hydrogen) atoms. The number of nitro benzene ring substituents is 1. The maximum absolute atomic E-state index is 12.1. The van der Waals surface area contributed by atoms with E-state index in [1.54, 1.807) is 24.3 Å². The number of rotatable bonds is 4. The fraction of sp³-hybridized carbons (Fsp3) is 0. The Morgan fingerprint density at radius 1 is 1.19 bits per heavy atom. The maximum atomic E-state index is 12.1. The minimum absolute atomic E-state index is 0.0829. The van der Waals surface area contributed by atoms with Crippen molar-refractivity contribution >= 4 is 34.7 Å². The van der Waals surface area contributed by atoms with Gasteiger partial charge in [0.05, 0.1) is 21.3 Å². The van der Waals surface area contributed by atoms with Gasteiger partial charge in [-0.25, -0.2) is 4.79 Å². The summed E-state index contributed by atoms with van der Waals surface area (Å²) in [6.45, 7) is 0. The van der Waals surface area contributed by atoms with E-state index in [-0.39, 0.29) is 17.0 Å². The van der Waals surface area contributed by atoms with E-state index in [1.165, 1.54) is 24.3 Å². The van der Waals surface area contributed by atoms with Crippen LogP contribution in [0.1, 0.15) is 10.4 Å². The molecule has 0 aliphatic carbocycles.